The predicted octanol–water partition coefficient (Wildman–Crippen LogP) is 3.27. The molecule has 2 aromatic rings. The molecule has 0 N–H and O–H groups in total. The molecule has 1 aliphatic rings. The maximum atomic E-state index is 5.35. The fraction of sp³-hybridized carbons (Fsp3) is 0.188. The van der Waals surface area contributed by atoms with Gasteiger partial charge in [0.25, 0.3) is 0 Å². The number of benzene rings is 2. The molecule has 0 saturated heterocycles. The van der Waals surface area contributed by atoms with Crippen molar-refractivity contribution in [1.82, 2.24) is 0 Å². The summed E-state index contributed by atoms with van der Waals surface area (Å²) in [7, 11) is 0. The summed E-state index contributed by atoms with van der Waals surface area (Å²) >= 11 is 0. The van der Waals surface area contributed by atoms with Crippen LogP contribution in [0.25, 0.3) is 0 Å². The molecule has 2 aromatic carbocycles. The lowest BCUT2D eigenvalue weighted by molar-refractivity contribution is 0.132. The van der Waals surface area contributed by atoms with Crippen molar-refractivity contribution in [1.29, 1.82) is 0 Å². The van der Waals surface area contributed by atoms with Crippen LogP contribution in [-0.4, -0.2) is 13.0 Å². The monoisotopic (exact) mass is 269 g/mol. The van der Waals surface area contributed by atoms with Crippen LogP contribution in [0.4, 0.5) is 0 Å². The molecule has 1 aliphatic heterocycles. The topological polar surface area (TPSA) is 40.0 Å². The number of hydrogen-bond donors (Lipinski definition) is 0. The van der Waals surface area contributed by atoms with Crippen LogP contribution in [0.3, 0.4) is 0 Å². The summed E-state index contributed by atoms with van der Waals surface area (Å²) < 4.78 is 10.7. The fourth-order valence-electron chi connectivity index (χ4n) is 1.98. The first-order chi connectivity index (χ1) is 9.83. The Labute approximate surface area is 117 Å². The Morgan fingerprint density at radius 3 is 2.70 bits per heavy atom. The minimum Gasteiger partial charge on any atom is -0.454 e. The number of ether oxygens (including phenoxy) is 2. The summed E-state index contributed by atoms with van der Waals surface area (Å²) in [5.74, 6) is 1.53. The first-order valence-corrected chi connectivity index (χ1v) is 6.42. The number of fused-ring (bicyclic) bond motifs is 1. The van der Waals surface area contributed by atoms with E-state index in [2.05, 4.69) is 5.16 Å². The minimum absolute atomic E-state index is 0.278. The van der Waals surface area contributed by atoms with Crippen LogP contribution < -0.4 is 9.47 Å². The molecule has 4 heteroatoms. The third kappa shape index (κ3) is 2.74. The lowest BCUT2D eigenvalue weighted by Gasteiger charge is -2.03. The summed E-state index contributed by atoms with van der Waals surface area (Å²) in [5, 5.41) is 4.00. The molecule has 0 saturated carbocycles. The molecule has 4 nitrogen and oxygen atoms in total. The van der Waals surface area contributed by atoms with Crippen molar-refractivity contribution in [3.8, 4) is 11.5 Å². The van der Waals surface area contributed by atoms with Gasteiger partial charge in [0, 0.05) is 5.56 Å². The maximum Gasteiger partial charge on any atom is 0.231 e. The van der Waals surface area contributed by atoms with Gasteiger partial charge in [-0.2, -0.15) is 0 Å². The second-order valence-corrected chi connectivity index (χ2v) is 4.56. The van der Waals surface area contributed by atoms with Crippen LogP contribution in [0.5, 0.6) is 11.5 Å². The highest BCUT2D eigenvalue weighted by atomic mass is 16.7. The van der Waals surface area contributed by atoms with Crippen LogP contribution in [0, 0.1) is 6.92 Å². The van der Waals surface area contributed by atoms with Gasteiger partial charge in [-0.25, -0.2) is 0 Å². The second-order valence-electron chi connectivity index (χ2n) is 4.56. The first kappa shape index (κ1) is 12.5. The average molecular weight is 269 g/mol. The van der Waals surface area contributed by atoms with Crippen LogP contribution >= 0.6 is 0 Å². The van der Waals surface area contributed by atoms with Crippen molar-refractivity contribution < 1.29 is 14.3 Å². The summed E-state index contributed by atoms with van der Waals surface area (Å²) in [6.07, 6.45) is 1.69. The van der Waals surface area contributed by atoms with E-state index in [-0.39, 0.29) is 6.79 Å². The molecule has 0 amide bonds. The van der Waals surface area contributed by atoms with Crippen LogP contribution in [0.1, 0.15) is 16.7 Å². The number of aryl methyl sites for hydroxylation is 1. The highest BCUT2D eigenvalue weighted by Crippen LogP contribution is 2.34. The molecule has 0 aliphatic carbocycles. The van der Waals surface area contributed by atoms with Gasteiger partial charge in [-0.3, -0.25) is 0 Å². The molecule has 0 unspecified atom stereocenters. The van der Waals surface area contributed by atoms with Gasteiger partial charge in [-0.1, -0.05) is 35.5 Å². The Morgan fingerprint density at radius 2 is 1.90 bits per heavy atom. The second kappa shape index (κ2) is 5.65. The largest absolute Gasteiger partial charge is 0.454 e. The van der Waals surface area contributed by atoms with Crippen molar-refractivity contribution in [2.24, 2.45) is 5.16 Å². The maximum absolute atomic E-state index is 5.35. The zero-order chi connectivity index (χ0) is 13.8. The van der Waals surface area contributed by atoms with Gasteiger partial charge in [-0.05, 0) is 30.2 Å². The SMILES string of the molecule is Cc1cc2c(cc1/C=N/OCc1ccccc1)OCO2. The smallest absolute Gasteiger partial charge is 0.231 e. The molecular formula is C16H15NO3. The number of rotatable bonds is 4. The van der Waals surface area contributed by atoms with Crippen molar-refractivity contribution in [2.45, 2.75) is 13.5 Å². The molecule has 0 atom stereocenters. The Hall–Kier alpha value is -2.49. The minimum atomic E-state index is 0.278. The normalized spacial score (nSPS) is 12.8. The van der Waals surface area contributed by atoms with Gasteiger partial charge in [0.2, 0.25) is 6.79 Å². The first-order valence-electron chi connectivity index (χ1n) is 6.42. The third-order valence-electron chi connectivity index (χ3n) is 3.10. The van der Waals surface area contributed by atoms with Crippen molar-refractivity contribution in [3.05, 3.63) is 59.2 Å². The summed E-state index contributed by atoms with van der Waals surface area (Å²) in [6, 6.07) is 13.8. The molecule has 1 heterocycles. The van der Waals surface area contributed by atoms with E-state index in [1.165, 1.54) is 0 Å². The number of nitrogens with zero attached hydrogens (tertiary/aromatic N) is 1. The third-order valence-corrected chi connectivity index (χ3v) is 3.10. The molecule has 0 fully saturated rings. The van der Waals surface area contributed by atoms with Gasteiger partial charge >= 0.3 is 0 Å². The van der Waals surface area contributed by atoms with E-state index < -0.39 is 0 Å². The fourth-order valence-corrected chi connectivity index (χ4v) is 1.98. The Morgan fingerprint density at radius 1 is 1.15 bits per heavy atom. The summed E-state index contributed by atoms with van der Waals surface area (Å²) in [5.41, 5.74) is 3.12. The van der Waals surface area contributed by atoms with Gasteiger partial charge in [0.15, 0.2) is 11.5 Å². The Kier molecular flexibility index (Phi) is 3.54. The van der Waals surface area contributed by atoms with Gasteiger partial charge in [0.1, 0.15) is 6.61 Å². The van der Waals surface area contributed by atoms with Crippen LogP contribution in [-0.2, 0) is 11.4 Å². The number of oxime groups is 1. The van der Waals surface area contributed by atoms with Gasteiger partial charge in [0.05, 0.1) is 6.21 Å². The Bertz CT molecular complexity index is 623. The van der Waals surface area contributed by atoms with E-state index in [1.54, 1.807) is 6.21 Å². The molecular weight excluding hydrogens is 254 g/mol. The Balaban J connectivity index is 1.64. The summed E-state index contributed by atoms with van der Waals surface area (Å²) in [6.45, 7) is 2.74. The zero-order valence-corrected chi connectivity index (χ0v) is 11.2. The highest BCUT2D eigenvalue weighted by Gasteiger charge is 2.14. The molecule has 0 bridgehead atoms. The van der Waals surface area contributed by atoms with E-state index in [4.69, 9.17) is 14.3 Å². The van der Waals surface area contributed by atoms with Gasteiger partial charge in [-0.15, -0.1) is 0 Å². The molecule has 20 heavy (non-hydrogen) atoms. The molecule has 102 valence electrons. The molecule has 0 aromatic heterocycles. The van der Waals surface area contributed by atoms with Crippen molar-refractivity contribution >= 4 is 6.21 Å². The van der Waals surface area contributed by atoms with Crippen molar-refractivity contribution in [3.63, 3.8) is 0 Å². The van der Waals surface area contributed by atoms with Crippen LogP contribution in [0.15, 0.2) is 47.6 Å². The zero-order valence-electron chi connectivity index (χ0n) is 11.2. The lowest BCUT2D eigenvalue weighted by Crippen LogP contribution is -1.93. The standard InChI is InChI=1S/C16H15NO3/c1-12-7-15-16(19-11-18-15)8-14(12)9-17-20-10-13-5-3-2-4-6-13/h2-9H,10-11H2,1H3/b17-9+. The average Bonchev–Trinajstić information content (AvgIpc) is 2.91. The van der Waals surface area contributed by atoms with Crippen molar-refractivity contribution in [2.75, 3.05) is 6.79 Å². The van der Waals surface area contributed by atoms with E-state index in [9.17, 15) is 0 Å². The van der Waals surface area contributed by atoms with E-state index in [0.29, 0.717) is 6.61 Å². The van der Waals surface area contributed by atoms with E-state index in [0.717, 1.165) is 28.2 Å². The quantitative estimate of drug-likeness (QED) is 0.631. The van der Waals surface area contributed by atoms with E-state index in [1.807, 2.05) is 49.4 Å². The van der Waals surface area contributed by atoms with E-state index >= 15 is 0 Å². The van der Waals surface area contributed by atoms with Crippen LogP contribution in [0.2, 0.25) is 0 Å². The number of hydrogen-bond acceptors (Lipinski definition) is 4. The molecule has 0 radical (unpaired) electrons. The van der Waals surface area contributed by atoms with Gasteiger partial charge < -0.3 is 14.3 Å². The predicted molar refractivity (Wildman–Crippen MR) is 76.1 cm³/mol. The highest BCUT2D eigenvalue weighted by molar-refractivity contribution is 5.82. The molecule has 3 rings (SSSR count). The lowest BCUT2D eigenvalue weighted by atomic mass is 10.1. The molecule has 0 spiro atoms. The summed E-state index contributed by atoms with van der Waals surface area (Å²) in [4.78, 5) is 5.30.